The highest BCUT2D eigenvalue weighted by Crippen LogP contribution is 2.25. The monoisotopic (exact) mass is 212 g/mol. The predicted molar refractivity (Wildman–Crippen MR) is 65.5 cm³/mol. The summed E-state index contributed by atoms with van der Waals surface area (Å²) in [4.78, 5) is 0. The van der Waals surface area contributed by atoms with Crippen LogP contribution in [-0.4, -0.2) is 10.2 Å². The Kier molecular flexibility index (Phi) is 3.00. The molecule has 16 heavy (non-hydrogen) atoms. The normalized spacial score (nSPS) is 12.4. The fraction of sp³-hybridized carbons (Fsp3) is 0.286. The van der Waals surface area contributed by atoms with Gasteiger partial charge in [0.1, 0.15) is 0 Å². The molecule has 0 aliphatic rings. The summed E-state index contributed by atoms with van der Waals surface area (Å²) >= 11 is 0. The SMILES string of the molecule is Cc1ccc(C(C)c2cccnn2)c(C)c1. The van der Waals surface area contributed by atoms with E-state index in [1.165, 1.54) is 16.7 Å². The van der Waals surface area contributed by atoms with E-state index in [9.17, 15) is 0 Å². The molecule has 2 rings (SSSR count). The highest BCUT2D eigenvalue weighted by Gasteiger charge is 2.11. The largest absolute Gasteiger partial charge is 0.159 e. The van der Waals surface area contributed by atoms with Crippen LogP contribution < -0.4 is 0 Å². The maximum Gasteiger partial charge on any atom is 0.0703 e. The van der Waals surface area contributed by atoms with Crippen LogP contribution in [0.2, 0.25) is 0 Å². The maximum atomic E-state index is 4.17. The van der Waals surface area contributed by atoms with Gasteiger partial charge < -0.3 is 0 Å². The van der Waals surface area contributed by atoms with Crippen molar-refractivity contribution in [2.45, 2.75) is 26.7 Å². The molecule has 0 aliphatic heterocycles. The van der Waals surface area contributed by atoms with Crippen LogP contribution in [0, 0.1) is 13.8 Å². The number of rotatable bonds is 2. The summed E-state index contributed by atoms with van der Waals surface area (Å²) in [5.41, 5.74) is 4.96. The van der Waals surface area contributed by atoms with Crippen molar-refractivity contribution in [3.8, 4) is 0 Å². The third-order valence-electron chi connectivity index (χ3n) is 2.93. The fourth-order valence-corrected chi connectivity index (χ4v) is 2.02. The van der Waals surface area contributed by atoms with Crippen LogP contribution in [0.1, 0.15) is 35.2 Å². The van der Waals surface area contributed by atoms with E-state index in [4.69, 9.17) is 0 Å². The first kappa shape index (κ1) is 10.8. The molecule has 1 heterocycles. The van der Waals surface area contributed by atoms with E-state index in [2.05, 4.69) is 49.2 Å². The summed E-state index contributed by atoms with van der Waals surface area (Å²) in [5, 5.41) is 8.10. The standard InChI is InChI=1S/C14H16N2/c1-10-6-7-13(11(2)9-10)12(3)14-5-4-8-15-16-14/h4-9,12H,1-3H3. The van der Waals surface area contributed by atoms with Crippen LogP contribution in [-0.2, 0) is 0 Å². The van der Waals surface area contributed by atoms with Crippen molar-refractivity contribution in [1.29, 1.82) is 0 Å². The first-order valence-corrected chi connectivity index (χ1v) is 5.53. The summed E-state index contributed by atoms with van der Waals surface area (Å²) in [6, 6.07) is 10.5. The van der Waals surface area contributed by atoms with Gasteiger partial charge in [-0.25, -0.2) is 0 Å². The molecule has 82 valence electrons. The number of aryl methyl sites for hydroxylation is 2. The van der Waals surface area contributed by atoms with Crippen LogP contribution in [0.15, 0.2) is 36.5 Å². The van der Waals surface area contributed by atoms with Crippen LogP contribution in [0.5, 0.6) is 0 Å². The molecule has 2 heteroatoms. The summed E-state index contributed by atoms with van der Waals surface area (Å²) in [7, 11) is 0. The first-order chi connectivity index (χ1) is 7.68. The average molecular weight is 212 g/mol. The average Bonchev–Trinajstić information content (AvgIpc) is 2.29. The Morgan fingerprint density at radius 1 is 1.12 bits per heavy atom. The Balaban J connectivity index is 2.38. The van der Waals surface area contributed by atoms with Crippen LogP contribution >= 0.6 is 0 Å². The Bertz CT molecular complexity index is 477. The lowest BCUT2D eigenvalue weighted by Crippen LogP contribution is -2.02. The summed E-state index contributed by atoms with van der Waals surface area (Å²) < 4.78 is 0. The number of hydrogen-bond donors (Lipinski definition) is 0. The van der Waals surface area contributed by atoms with Crippen molar-refractivity contribution in [3.63, 3.8) is 0 Å². The van der Waals surface area contributed by atoms with Crippen molar-refractivity contribution in [2.75, 3.05) is 0 Å². The molecule has 0 radical (unpaired) electrons. The zero-order chi connectivity index (χ0) is 11.5. The van der Waals surface area contributed by atoms with Gasteiger partial charge in [0, 0.05) is 12.1 Å². The minimum Gasteiger partial charge on any atom is -0.159 e. The molecule has 0 saturated heterocycles. The Labute approximate surface area is 96.4 Å². The lowest BCUT2D eigenvalue weighted by atomic mass is 9.92. The number of hydrogen-bond acceptors (Lipinski definition) is 2. The second-order valence-corrected chi connectivity index (χ2v) is 4.23. The van der Waals surface area contributed by atoms with Crippen molar-refractivity contribution in [1.82, 2.24) is 10.2 Å². The molecular weight excluding hydrogens is 196 g/mol. The molecule has 0 aliphatic carbocycles. The van der Waals surface area contributed by atoms with E-state index in [-0.39, 0.29) is 0 Å². The topological polar surface area (TPSA) is 25.8 Å². The molecule has 1 aromatic heterocycles. The van der Waals surface area contributed by atoms with E-state index in [1.54, 1.807) is 6.20 Å². The molecular formula is C14H16N2. The van der Waals surface area contributed by atoms with Crippen molar-refractivity contribution in [3.05, 3.63) is 58.9 Å². The third kappa shape index (κ3) is 2.11. The summed E-state index contributed by atoms with van der Waals surface area (Å²) in [6.07, 6.45) is 1.71. The van der Waals surface area contributed by atoms with Gasteiger partial charge in [0.2, 0.25) is 0 Å². The first-order valence-electron chi connectivity index (χ1n) is 5.53. The third-order valence-corrected chi connectivity index (χ3v) is 2.93. The molecule has 1 atom stereocenters. The summed E-state index contributed by atoms with van der Waals surface area (Å²) in [6.45, 7) is 6.43. The second-order valence-electron chi connectivity index (χ2n) is 4.23. The quantitative estimate of drug-likeness (QED) is 0.763. The van der Waals surface area contributed by atoms with Gasteiger partial charge in [-0.1, -0.05) is 30.7 Å². The minimum absolute atomic E-state index is 0.300. The second kappa shape index (κ2) is 4.44. The Morgan fingerprint density at radius 2 is 1.94 bits per heavy atom. The zero-order valence-corrected chi connectivity index (χ0v) is 9.94. The van der Waals surface area contributed by atoms with Gasteiger partial charge in [0.25, 0.3) is 0 Å². The van der Waals surface area contributed by atoms with Gasteiger partial charge in [-0.15, -0.1) is 0 Å². The van der Waals surface area contributed by atoms with E-state index < -0.39 is 0 Å². The van der Waals surface area contributed by atoms with Crippen molar-refractivity contribution >= 4 is 0 Å². The fourth-order valence-electron chi connectivity index (χ4n) is 2.02. The smallest absolute Gasteiger partial charge is 0.0703 e. The van der Waals surface area contributed by atoms with Crippen LogP contribution in [0.3, 0.4) is 0 Å². The molecule has 2 nitrogen and oxygen atoms in total. The highest BCUT2D eigenvalue weighted by molar-refractivity contribution is 5.36. The van der Waals surface area contributed by atoms with E-state index >= 15 is 0 Å². The number of aromatic nitrogens is 2. The summed E-state index contributed by atoms with van der Waals surface area (Å²) in [5.74, 6) is 0.300. The molecule has 1 aromatic carbocycles. The molecule has 1 unspecified atom stereocenters. The number of benzene rings is 1. The highest BCUT2D eigenvalue weighted by atomic mass is 15.1. The van der Waals surface area contributed by atoms with Crippen LogP contribution in [0.25, 0.3) is 0 Å². The Hall–Kier alpha value is -1.70. The van der Waals surface area contributed by atoms with Gasteiger partial charge in [0.05, 0.1) is 5.69 Å². The van der Waals surface area contributed by atoms with E-state index in [0.717, 1.165) is 5.69 Å². The van der Waals surface area contributed by atoms with Crippen molar-refractivity contribution in [2.24, 2.45) is 0 Å². The van der Waals surface area contributed by atoms with E-state index in [1.807, 2.05) is 12.1 Å². The molecule has 0 N–H and O–H groups in total. The van der Waals surface area contributed by atoms with Gasteiger partial charge >= 0.3 is 0 Å². The van der Waals surface area contributed by atoms with Gasteiger partial charge in [0.15, 0.2) is 0 Å². The predicted octanol–water partition coefficient (Wildman–Crippen LogP) is 3.25. The minimum atomic E-state index is 0.300. The van der Waals surface area contributed by atoms with E-state index in [0.29, 0.717) is 5.92 Å². The lowest BCUT2D eigenvalue weighted by molar-refractivity contribution is 0.816. The zero-order valence-electron chi connectivity index (χ0n) is 9.94. The molecule has 0 spiro atoms. The van der Waals surface area contributed by atoms with Gasteiger partial charge in [-0.05, 0) is 37.1 Å². The van der Waals surface area contributed by atoms with Gasteiger partial charge in [-0.2, -0.15) is 10.2 Å². The molecule has 0 amide bonds. The molecule has 0 bridgehead atoms. The van der Waals surface area contributed by atoms with Gasteiger partial charge in [-0.3, -0.25) is 0 Å². The maximum absolute atomic E-state index is 4.17. The lowest BCUT2D eigenvalue weighted by Gasteiger charge is -2.14. The molecule has 2 aromatic rings. The molecule has 0 fully saturated rings. The van der Waals surface area contributed by atoms with Crippen LogP contribution in [0.4, 0.5) is 0 Å². The number of nitrogens with zero attached hydrogens (tertiary/aromatic N) is 2. The van der Waals surface area contributed by atoms with Crippen molar-refractivity contribution < 1.29 is 0 Å². The molecule has 0 saturated carbocycles. The Morgan fingerprint density at radius 3 is 2.56 bits per heavy atom.